The number of carboxylic acids is 1. The molecule has 4 aromatic carbocycles. The van der Waals surface area contributed by atoms with Crippen molar-refractivity contribution in [1.82, 2.24) is 5.32 Å². The van der Waals surface area contributed by atoms with Crippen LogP contribution in [0.25, 0.3) is 6.08 Å². The zero-order chi connectivity index (χ0) is 33.2. The van der Waals surface area contributed by atoms with E-state index in [1.165, 1.54) is 50.3 Å². The molecular weight excluding hydrogens is 610 g/mol. The van der Waals surface area contributed by atoms with Crippen molar-refractivity contribution >= 4 is 52.9 Å². The Morgan fingerprint density at radius 3 is 2.17 bits per heavy atom. The summed E-state index contributed by atoms with van der Waals surface area (Å²) in [5.41, 5.74) is 1.19. The average molecular weight is 642 g/mol. The van der Waals surface area contributed by atoms with Crippen LogP contribution in [0.15, 0.2) is 102 Å². The number of thioether (sulfide) groups is 1. The molecule has 11 nitrogen and oxygen atoms in total. The van der Waals surface area contributed by atoms with Crippen LogP contribution in [0.3, 0.4) is 0 Å². The maximum atomic E-state index is 13.5. The summed E-state index contributed by atoms with van der Waals surface area (Å²) in [6.45, 7) is 1.69. The van der Waals surface area contributed by atoms with Gasteiger partial charge in [-0.3, -0.25) is 14.4 Å². The van der Waals surface area contributed by atoms with Gasteiger partial charge in [-0.15, -0.1) is 11.8 Å². The minimum Gasteiger partial charge on any atom is -0.507 e. The molecule has 0 bridgehead atoms. The maximum Gasteiger partial charge on any atom is 0.339 e. The van der Waals surface area contributed by atoms with Crippen molar-refractivity contribution in [2.24, 2.45) is 0 Å². The first-order valence-corrected chi connectivity index (χ1v) is 14.7. The molecule has 0 saturated carbocycles. The average Bonchev–Trinajstić information content (AvgIpc) is 3.06. The zero-order valence-corrected chi connectivity index (χ0v) is 25.9. The molecule has 0 heterocycles. The fourth-order valence-electron chi connectivity index (χ4n) is 4.15. The molecule has 4 rings (SSSR count). The summed E-state index contributed by atoms with van der Waals surface area (Å²) in [5.74, 6) is -2.16. The van der Waals surface area contributed by atoms with Crippen LogP contribution in [0.1, 0.15) is 33.2 Å². The number of carbonyl (C=O) groups is 4. The topological polar surface area (TPSA) is 163 Å². The molecule has 0 fully saturated rings. The molecule has 0 aliphatic rings. The largest absolute Gasteiger partial charge is 0.507 e. The van der Waals surface area contributed by atoms with E-state index in [1.807, 2.05) is 0 Å². The Balaban J connectivity index is 1.48. The standard InChI is InChI=1S/C34H31N3O8S/c1-20(31(39)36-24-11-15-29(38)27(19-24)34(42)43)46-26-13-9-23(10-14-26)35-33(41)28(37-32(40)21-7-5-4-6-8-21)18-22-17-25(44-2)12-16-30(22)45-3/h4-20,38H,1-3H3,(H,35,41)(H,36,39)(H,37,40)(H,42,43)/b28-18-. The van der Waals surface area contributed by atoms with Crippen LogP contribution >= 0.6 is 11.8 Å². The van der Waals surface area contributed by atoms with Gasteiger partial charge in [0.25, 0.3) is 11.8 Å². The fraction of sp³-hybridized carbons (Fsp3) is 0.118. The van der Waals surface area contributed by atoms with E-state index in [9.17, 15) is 29.4 Å². The minimum atomic E-state index is -1.32. The molecule has 46 heavy (non-hydrogen) atoms. The fourth-order valence-corrected chi connectivity index (χ4v) is 5.02. The number of rotatable bonds is 12. The van der Waals surface area contributed by atoms with E-state index in [-0.39, 0.29) is 22.9 Å². The van der Waals surface area contributed by atoms with E-state index < -0.39 is 28.8 Å². The highest BCUT2D eigenvalue weighted by Gasteiger charge is 2.19. The van der Waals surface area contributed by atoms with Gasteiger partial charge in [-0.25, -0.2) is 4.79 Å². The molecule has 0 saturated heterocycles. The van der Waals surface area contributed by atoms with Crippen molar-refractivity contribution in [3.8, 4) is 17.2 Å². The molecule has 5 N–H and O–H groups in total. The highest BCUT2D eigenvalue weighted by molar-refractivity contribution is 8.00. The van der Waals surface area contributed by atoms with Gasteiger partial charge in [0.2, 0.25) is 5.91 Å². The first-order chi connectivity index (χ1) is 22.1. The van der Waals surface area contributed by atoms with E-state index in [1.54, 1.807) is 79.7 Å². The Morgan fingerprint density at radius 2 is 1.52 bits per heavy atom. The number of benzene rings is 4. The lowest BCUT2D eigenvalue weighted by molar-refractivity contribution is -0.115. The highest BCUT2D eigenvalue weighted by Crippen LogP contribution is 2.28. The third kappa shape index (κ3) is 8.67. The normalized spacial score (nSPS) is 11.6. The number of carboxylic acid groups (broad SMARTS) is 1. The molecule has 236 valence electrons. The SMILES string of the molecule is COc1ccc(OC)c(/C=C(\NC(=O)c2ccccc2)C(=O)Nc2ccc(SC(C)C(=O)Nc3ccc(O)c(C(=O)O)c3)cc2)c1. The van der Waals surface area contributed by atoms with E-state index in [2.05, 4.69) is 16.0 Å². The molecule has 0 spiro atoms. The molecular formula is C34H31N3O8S. The van der Waals surface area contributed by atoms with Gasteiger partial charge in [0.1, 0.15) is 28.5 Å². The summed E-state index contributed by atoms with van der Waals surface area (Å²) >= 11 is 1.25. The van der Waals surface area contributed by atoms with Crippen molar-refractivity contribution in [3.63, 3.8) is 0 Å². The summed E-state index contributed by atoms with van der Waals surface area (Å²) in [6.07, 6.45) is 1.50. The molecule has 4 aromatic rings. The Kier molecular flexibility index (Phi) is 11.0. The Hall–Kier alpha value is -5.75. The van der Waals surface area contributed by atoms with Crippen molar-refractivity contribution in [1.29, 1.82) is 0 Å². The predicted molar refractivity (Wildman–Crippen MR) is 176 cm³/mol. The number of methoxy groups -OCH3 is 2. The number of hydrogen-bond donors (Lipinski definition) is 5. The molecule has 1 unspecified atom stereocenters. The number of aromatic hydroxyl groups is 1. The Bertz CT molecular complexity index is 1780. The second kappa shape index (κ2) is 15.3. The number of nitrogens with one attached hydrogen (secondary N) is 3. The van der Waals surface area contributed by atoms with Crippen molar-refractivity contribution < 1.29 is 38.9 Å². The van der Waals surface area contributed by atoms with Crippen LogP contribution in [0.4, 0.5) is 11.4 Å². The summed E-state index contributed by atoms with van der Waals surface area (Å²) in [4.78, 5) is 51.2. The van der Waals surface area contributed by atoms with Gasteiger partial charge in [0, 0.05) is 27.4 Å². The molecule has 0 radical (unpaired) electrons. The number of amides is 3. The van der Waals surface area contributed by atoms with Crippen LogP contribution < -0.4 is 25.4 Å². The van der Waals surface area contributed by atoms with Crippen LogP contribution in [-0.4, -0.2) is 53.4 Å². The first-order valence-electron chi connectivity index (χ1n) is 13.8. The third-order valence-corrected chi connectivity index (χ3v) is 7.67. The summed E-state index contributed by atoms with van der Waals surface area (Å²) < 4.78 is 10.8. The summed E-state index contributed by atoms with van der Waals surface area (Å²) in [7, 11) is 3.01. The maximum absolute atomic E-state index is 13.5. The summed E-state index contributed by atoms with van der Waals surface area (Å²) in [6, 6.07) is 24.1. The van der Waals surface area contributed by atoms with Gasteiger partial charge in [-0.2, -0.15) is 0 Å². The number of anilines is 2. The van der Waals surface area contributed by atoms with E-state index >= 15 is 0 Å². The predicted octanol–water partition coefficient (Wildman–Crippen LogP) is 5.64. The van der Waals surface area contributed by atoms with E-state index in [0.29, 0.717) is 28.3 Å². The monoisotopic (exact) mass is 641 g/mol. The van der Waals surface area contributed by atoms with Gasteiger partial charge < -0.3 is 35.6 Å². The minimum absolute atomic E-state index is 0.0376. The zero-order valence-electron chi connectivity index (χ0n) is 25.1. The van der Waals surface area contributed by atoms with E-state index in [4.69, 9.17) is 9.47 Å². The van der Waals surface area contributed by atoms with Crippen LogP contribution in [0, 0.1) is 0 Å². The van der Waals surface area contributed by atoms with Crippen LogP contribution in [0.5, 0.6) is 17.2 Å². The summed E-state index contributed by atoms with van der Waals surface area (Å²) in [5, 5.41) is 26.4. The van der Waals surface area contributed by atoms with Crippen LogP contribution in [0.2, 0.25) is 0 Å². The van der Waals surface area contributed by atoms with Gasteiger partial charge in [-0.05, 0) is 85.8 Å². The molecule has 1 atom stereocenters. The van der Waals surface area contributed by atoms with Crippen molar-refractivity contribution in [3.05, 3.63) is 113 Å². The molecule has 12 heteroatoms. The number of ether oxygens (including phenoxy) is 2. The second-order valence-corrected chi connectivity index (χ2v) is 11.2. The third-order valence-electron chi connectivity index (χ3n) is 6.55. The quantitative estimate of drug-likeness (QED) is 0.0749. The first kappa shape index (κ1) is 33.1. The smallest absolute Gasteiger partial charge is 0.339 e. The lowest BCUT2D eigenvalue weighted by Crippen LogP contribution is -2.30. The Morgan fingerprint density at radius 1 is 0.826 bits per heavy atom. The van der Waals surface area contributed by atoms with Gasteiger partial charge in [-0.1, -0.05) is 18.2 Å². The lowest BCUT2D eigenvalue weighted by atomic mass is 10.1. The number of aromatic carboxylic acids is 1. The van der Waals surface area contributed by atoms with Gasteiger partial charge in [0.05, 0.1) is 19.5 Å². The van der Waals surface area contributed by atoms with Crippen LogP contribution in [-0.2, 0) is 9.59 Å². The van der Waals surface area contributed by atoms with Crippen molar-refractivity contribution in [2.45, 2.75) is 17.1 Å². The lowest BCUT2D eigenvalue weighted by Gasteiger charge is -2.14. The van der Waals surface area contributed by atoms with E-state index in [0.717, 1.165) is 4.90 Å². The molecule has 0 aliphatic carbocycles. The number of carbonyl (C=O) groups excluding carboxylic acids is 3. The van der Waals surface area contributed by atoms with Crippen molar-refractivity contribution in [2.75, 3.05) is 24.9 Å². The molecule has 0 aromatic heterocycles. The van der Waals surface area contributed by atoms with Gasteiger partial charge >= 0.3 is 5.97 Å². The number of phenols is 1. The Labute approximate surface area is 269 Å². The number of hydrogen-bond acceptors (Lipinski definition) is 8. The molecule has 0 aliphatic heterocycles. The second-order valence-electron chi connectivity index (χ2n) is 9.75. The highest BCUT2D eigenvalue weighted by atomic mass is 32.2. The molecule has 3 amide bonds. The van der Waals surface area contributed by atoms with Gasteiger partial charge in [0.15, 0.2) is 0 Å².